The van der Waals surface area contributed by atoms with E-state index in [2.05, 4.69) is 15.9 Å². The Morgan fingerprint density at radius 1 is 1.35 bits per heavy atom. The van der Waals surface area contributed by atoms with Gasteiger partial charge in [0, 0.05) is 18.2 Å². The molecule has 0 saturated carbocycles. The van der Waals surface area contributed by atoms with Crippen molar-refractivity contribution in [2.75, 3.05) is 6.61 Å². The summed E-state index contributed by atoms with van der Waals surface area (Å²) in [6, 6.07) is 2.38. The number of rotatable bonds is 5. The predicted octanol–water partition coefficient (Wildman–Crippen LogP) is 3.95. The number of nitrogens with two attached hydrogens (primary N) is 1. The Balaban J connectivity index is 1.88. The Hall–Kier alpha value is -0.520. The number of halogens is 3. The molecule has 0 aromatic heterocycles. The summed E-state index contributed by atoms with van der Waals surface area (Å²) in [5, 5.41) is 0. The van der Waals surface area contributed by atoms with Crippen molar-refractivity contribution in [2.24, 2.45) is 5.73 Å². The average Bonchev–Trinajstić information content (AvgIpc) is 2.46. The van der Waals surface area contributed by atoms with Crippen molar-refractivity contribution in [2.45, 2.75) is 50.7 Å². The van der Waals surface area contributed by atoms with Crippen LogP contribution in [0.3, 0.4) is 0 Å². The molecule has 1 aliphatic rings. The van der Waals surface area contributed by atoms with E-state index in [4.69, 9.17) is 10.5 Å². The Kier molecular flexibility index (Phi) is 5.93. The van der Waals surface area contributed by atoms with Crippen molar-refractivity contribution in [3.05, 3.63) is 33.8 Å². The summed E-state index contributed by atoms with van der Waals surface area (Å²) in [5.41, 5.74) is 6.07. The maximum Gasteiger partial charge on any atom is 0.143 e. The van der Waals surface area contributed by atoms with Crippen molar-refractivity contribution in [3.63, 3.8) is 0 Å². The Bertz CT molecular complexity index is 450. The SMILES string of the molecule is NC(CCC1CCCCO1)Cc1c(F)ccc(Br)c1F. The normalized spacial score (nSPS) is 20.9. The molecule has 0 spiro atoms. The van der Waals surface area contributed by atoms with Crippen molar-refractivity contribution >= 4 is 15.9 Å². The van der Waals surface area contributed by atoms with E-state index in [9.17, 15) is 8.78 Å². The monoisotopic (exact) mass is 347 g/mol. The van der Waals surface area contributed by atoms with Gasteiger partial charge in [0.15, 0.2) is 0 Å². The summed E-state index contributed by atoms with van der Waals surface area (Å²) in [7, 11) is 0. The van der Waals surface area contributed by atoms with Gasteiger partial charge in [-0.15, -0.1) is 0 Å². The molecular formula is C15H20BrF2NO. The lowest BCUT2D eigenvalue weighted by atomic mass is 9.97. The quantitative estimate of drug-likeness (QED) is 0.818. The lowest BCUT2D eigenvalue weighted by molar-refractivity contribution is 0.00914. The van der Waals surface area contributed by atoms with Gasteiger partial charge < -0.3 is 10.5 Å². The van der Waals surface area contributed by atoms with Crippen molar-refractivity contribution in [3.8, 4) is 0 Å². The Labute approximate surface area is 126 Å². The summed E-state index contributed by atoms with van der Waals surface area (Å²) >= 11 is 3.07. The fourth-order valence-electron chi connectivity index (χ4n) is 2.56. The highest BCUT2D eigenvalue weighted by Gasteiger charge is 2.18. The molecule has 2 nitrogen and oxygen atoms in total. The van der Waals surface area contributed by atoms with Gasteiger partial charge in [0.05, 0.1) is 10.6 Å². The Morgan fingerprint density at radius 3 is 2.85 bits per heavy atom. The fourth-order valence-corrected chi connectivity index (χ4v) is 2.93. The van der Waals surface area contributed by atoms with Gasteiger partial charge in [-0.1, -0.05) is 0 Å². The van der Waals surface area contributed by atoms with E-state index in [-0.39, 0.29) is 28.6 Å². The summed E-state index contributed by atoms with van der Waals surface area (Å²) < 4.78 is 33.4. The standard InChI is InChI=1S/C15H20BrF2NO/c16-13-6-7-14(17)12(15(13)18)9-10(19)4-5-11-3-1-2-8-20-11/h6-7,10-11H,1-5,8-9,19H2. The molecule has 0 bridgehead atoms. The smallest absolute Gasteiger partial charge is 0.143 e. The molecule has 1 aromatic rings. The molecule has 2 N–H and O–H groups in total. The van der Waals surface area contributed by atoms with Gasteiger partial charge in [-0.2, -0.15) is 0 Å². The molecule has 0 amide bonds. The molecule has 1 aromatic carbocycles. The van der Waals surface area contributed by atoms with Gasteiger partial charge in [0.1, 0.15) is 11.6 Å². The highest BCUT2D eigenvalue weighted by Crippen LogP contribution is 2.24. The number of benzene rings is 1. The topological polar surface area (TPSA) is 35.2 Å². The van der Waals surface area contributed by atoms with Gasteiger partial charge in [0.25, 0.3) is 0 Å². The van der Waals surface area contributed by atoms with Gasteiger partial charge in [-0.3, -0.25) is 0 Å². The van der Waals surface area contributed by atoms with Gasteiger partial charge in [-0.25, -0.2) is 8.78 Å². The van der Waals surface area contributed by atoms with E-state index < -0.39 is 11.6 Å². The summed E-state index contributed by atoms with van der Waals surface area (Å²) in [5.74, 6) is -1.08. The molecule has 1 saturated heterocycles. The maximum absolute atomic E-state index is 13.9. The van der Waals surface area contributed by atoms with Crippen LogP contribution >= 0.6 is 15.9 Å². The molecule has 2 atom stereocenters. The highest BCUT2D eigenvalue weighted by molar-refractivity contribution is 9.10. The highest BCUT2D eigenvalue weighted by atomic mass is 79.9. The largest absolute Gasteiger partial charge is 0.378 e. The Morgan fingerprint density at radius 2 is 2.15 bits per heavy atom. The second kappa shape index (κ2) is 7.48. The minimum atomic E-state index is -0.547. The fraction of sp³-hybridized carbons (Fsp3) is 0.600. The van der Waals surface area contributed by atoms with Crippen LogP contribution in [0.2, 0.25) is 0 Å². The molecule has 2 unspecified atom stereocenters. The van der Waals surface area contributed by atoms with E-state index in [1.807, 2.05) is 0 Å². The van der Waals surface area contributed by atoms with Crippen LogP contribution in [0, 0.1) is 11.6 Å². The van der Waals surface area contributed by atoms with Crippen molar-refractivity contribution < 1.29 is 13.5 Å². The van der Waals surface area contributed by atoms with E-state index in [1.54, 1.807) is 0 Å². The van der Waals surface area contributed by atoms with Crippen LogP contribution in [0.1, 0.15) is 37.7 Å². The zero-order valence-corrected chi connectivity index (χ0v) is 13.0. The zero-order chi connectivity index (χ0) is 14.5. The summed E-state index contributed by atoms with van der Waals surface area (Å²) in [6.07, 6.45) is 5.42. The molecular weight excluding hydrogens is 328 g/mol. The van der Waals surface area contributed by atoms with E-state index in [1.165, 1.54) is 18.6 Å². The van der Waals surface area contributed by atoms with Crippen LogP contribution in [0.4, 0.5) is 8.78 Å². The molecule has 0 radical (unpaired) electrons. The molecule has 1 fully saturated rings. The van der Waals surface area contributed by atoms with Gasteiger partial charge in [-0.05, 0) is 66.6 Å². The molecule has 5 heteroatoms. The van der Waals surface area contributed by atoms with Crippen LogP contribution in [0.5, 0.6) is 0 Å². The first-order valence-corrected chi connectivity index (χ1v) is 7.86. The molecule has 1 aliphatic heterocycles. The average molecular weight is 348 g/mol. The lowest BCUT2D eigenvalue weighted by Gasteiger charge is -2.24. The van der Waals surface area contributed by atoms with Crippen LogP contribution in [-0.4, -0.2) is 18.8 Å². The van der Waals surface area contributed by atoms with Crippen LogP contribution in [-0.2, 0) is 11.2 Å². The molecule has 0 aliphatic carbocycles. The molecule has 20 heavy (non-hydrogen) atoms. The molecule has 1 heterocycles. The van der Waals surface area contributed by atoms with Crippen LogP contribution in [0.25, 0.3) is 0 Å². The van der Waals surface area contributed by atoms with Crippen LogP contribution in [0.15, 0.2) is 16.6 Å². The maximum atomic E-state index is 13.9. The summed E-state index contributed by atoms with van der Waals surface area (Å²) in [4.78, 5) is 0. The predicted molar refractivity (Wildman–Crippen MR) is 78.6 cm³/mol. The second-order valence-electron chi connectivity index (χ2n) is 5.35. The first kappa shape index (κ1) is 15.9. The number of ether oxygens (including phenoxy) is 1. The first-order valence-electron chi connectivity index (χ1n) is 7.07. The van der Waals surface area contributed by atoms with Crippen LogP contribution < -0.4 is 5.73 Å². The minimum absolute atomic E-state index is 0.0661. The van der Waals surface area contributed by atoms with Gasteiger partial charge >= 0.3 is 0 Å². The molecule has 112 valence electrons. The third-order valence-corrected chi connectivity index (χ3v) is 4.35. The summed E-state index contributed by atoms with van der Waals surface area (Å²) in [6.45, 7) is 0.814. The van der Waals surface area contributed by atoms with Gasteiger partial charge in [0.2, 0.25) is 0 Å². The second-order valence-corrected chi connectivity index (χ2v) is 6.21. The zero-order valence-electron chi connectivity index (χ0n) is 11.4. The molecule has 2 rings (SSSR count). The third-order valence-electron chi connectivity index (χ3n) is 3.74. The van der Waals surface area contributed by atoms with E-state index in [0.29, 0.717) is 0 Å². The van der Waals surface area contributed by atoms with Crippen molar-refractivity contribution in [1.29, 1.82) is 0 Å². The van der Waals surface area contributed by atoms with E-state index >= 15 is 0 Å². The third kappa shape index (κ3) is 4.24. The first-order chi connectivity index (χ1) is 9.58. The van der Waals surface area contributed by atoms with Crippen molar-refractivity contribution in [1.82, 2.24) is 0 Å². The minimum Gasteiger partial charge on any atom is -0.378 e. The lowest BCUT2D eigenvalue weighted by Crippen LogP contribution is -2.27. The number of hydrogen-bond donors (Lipinski definition) is 1. The number of hydrogen-bond acceptors (Lipinski definition) is 2. The van der Waals surface area contributed by atoms with E-state index in [0.717, 1.165) is 32.3 Å².